The van der Waals surface area contributed by atoms with Gasteiger partial charge in [0.2, 0.25) is 0 Å². The molecule has 0 aliphatic carbocycles. The van der Waals surface area contributed by atoms with Crippen molar-refractivity contribution in [3.8, 4) is 5.75 Å². The van der Waals surface area contributed by atoms with Gasteiger partial charge in [0.25, 0.3) is 5.91 Å². The third kappa shape index (κ3) is 4.11. The maximum atomic E-state index is 12.9. The Bertz CT molecular complexity index is 1090. The van der Waals surface area contributed by atoms with Crippen molar-refractivity contribution in [1.29, 1.82) is 0 Å². The van der Waals surface area contributed by atoms with Gasteiger partial charge in [-0.3, -0.25) is 4.79 Å². The minimum atomic E-state index is -0.123. The number of ether oxygens (including phenoxy) is 1. The first-order valence-electron chi connectivity index (χ1n) is 10.1. The fourth-order valence-electron chi connectivity index (χ4n) is 3.79. The predicted octanol–water partition coefficient (Wildman–Crippen LogP) is 3.28. The first kappa shape index (κ1) is 19.9. The Hall–Kier alpha value is -3.44. The summed E-state index contributed by atoms with van der Waals surface area (Å²) in [6, 6.07) is 22.4. The fraction of sp³-hybridized carbons (Fsp3) is 0.200. The summed E-state index contributed by atoms with van der Waals surface area (Å²) in [6.07, 6.45) is 2.47. The fourth-order valence-corrected chi connectivity index (χ4v) is 3.79. The Morgan fingerprint density at radius 3 is 2.67 bits per heavy atom. The molecule has 5 heteroatoms. The summed E-state index contributed by atoms with van der Waals surface area (Å²) in [7, 11) is 1.65. The van der Waals surface area contributed by atoms with E-state index in [1.165, 1.54) is 10.8 Å². The number of carbonyl (C=O) groups is 1. The van der Waals surface area contributed by atoms with Gasteiger partial charge >= 0.3 is 0 Å². The van der Waals surface area contributed by atoms with Crippen LogP contribution in [0.25, 0.3) is 10.8 Å². The maximum absolute atomic E-state index is 12.9. The minimum absolute atomic E-state index is 0.00606. The topological polar surface area (TPSA) is 58.5 Å². The number of hydrazone groups is 1. The van der Waals surface area contributed by atoms with Gasteiger partial charge < -0.3 is 10.1 Å². The van der Waals surface area contributed by atoms with Gasteiger partial charge in [0.15, 0.2) is 6.54 Å². The number of hydrogen-bond donors (Lipinski definition) is 1. The highest BCUT2D eigenvalue weighted by molar-refractivity contribution is 6.05. The molecule has 0 aromatic heterocycles. The standard InChI is InChI=1S/C25H25N3O2/c1-3-14-26-17-25(29)28-24(19-10-12-22(30-2)13-11-19)16-23(27-28)21-9-8-18-6-4-5-7-20(18)15-21/h3-13,15,24,26H,1,14,16-17H2,2H3/p+1/t24-/m1/s1. The van der Waals surface area contributed by atoms with Crippen molar-refractivity contribution in [1.82, 2.24) is 5.01 Å². The highest BCUT2D eigenvalue weighted by Gasteiger charge is 2.33. The summed E-state index contributed by atoms with van der Waals surface area (Å²) in [5.74, 6) is 0.790. The number of hydrogen-bond acceptors (Lipinski definition) is 3. The van der Waals surface area contributed by atoms with Crippen LogP contribution in [0.2, 0.25) is 0 Å². The lowest BCUT2D eigenvalue weighted by Gasteiger charge is -2.21. The van der Waals surface area contributed by atoms with E-state index >= 15 is 0 Å². The summed E-state index contributed by atoms with van der Waals surface area (Å²) in [5, 5.41) is 10.7. The van der Waals surface area contributed by atoms with Gasteiger partial charge in [0.05, 0.1) is 25.4 Å². The zero-order valence-electron chi connectivity index (χ0n) is 17.1. The number of fused-ring (bicyclic) bond motifs is 1. The van der Waals surface area contributed by atoms with Gasteiger partial charge in [0, 0.05) is 6.42 Å². The predicted molar refractivity (Wildman–Crippen MR) is 120 cm³/mol. The molecule has 3 aromatic carbocycles. The average Bonchev–Trinajstić information content (AvgIpc) is 3.24. The van der Waals surface area contributed by atoms with Crippen molar-refractivity contribution in [3.05, 3.63) is 90.5 Å². The molecule has 152 valence electrons. The second kappa shape index (κ2) is 8.93. The maximum Gasteiger partial charge on any atom is 0.298 e. The molecular formula is C25H26N3O2+. The van der Waals surface area contributed by atoms with E-state index in [4.69, 9.17) is 9.84 Å². The molecule has 0 radical (unpaired) electrons. The van der Waals surface area contributed by atoms with E-state index in [2.05, 4.69) is 36.9 Å². The molecule has 1 aliphatic rings. The van der Waals surface area contributed by atoms with Crippen molar-refractivity contribution in [2.24, 2.45) is 5.10 Å². The van der Waals surface area contributed by atoms with Crippen LogP contribution in [0.1, 0.15) is 23.6 Å². The second-order valence-electron chi connectivity index (χ2n) is 7.36. The molecule has 1 aliphatic heterocycles. The number of carbonyl (C=O) groups excluding carboxylic acids is 1. The summed E-state index contributed by atoms with van der Waals surface area (Å²) >= 11 is 0. The van der Waals surface area contributed by atoms with Gasteiger partial charge in [-0.1, -0.05) is 55.1 Å². The molecule has 3 aromatic rings. The first-order chi connectivity index (χ1) is 14.7. The van der Waals surface area contributed by atoms with E-state index in [0.717, 1.165) is 22.6 Å². The molecule has 0 spiro atoms. The van der Waals surface area contributed by atoms with Crippen LogP contribution >= 0.6 is 0 Å². The van der Waals surface area contributed by atoms with Crippen LogP contribution in [0, 0.1) is 0 Å². The molecule has 0 bridgehead atoms. The summed E-state index contributed by atoms with van der Waals surface area (Å²) in [6.45, 7) is 4.76. The molecule has 0 fully saturated rings. The van der Waals surface area contributed by atoms with Gasteiger partial charge in [-0.25, -0.2) is 5.01 Å². The normalized spacial score (nSPS) is 15.8. The number of nitrogens with two attached hydrogens (primary N) is 1. The molecule has 1 atom stereocenters. The molecule has 0 saturated heterocycles. The molecule has 4 rings (SSSR count). The number of amides is 1. The smallest absolute Gasteiger partial charge is 0.298 e. The summed E-state index contributed by atoms with van der Waals surface area (Å²) < 4.78 is 5.28. The van der Waals surface area contributed by atoms with Crippen LogP contribution in [0.3, 0.4) is 0 Å². The van der Waals surface area contributed by atoms with Crippen LogP contribution in [-0.2, 0) is 4.79 Å². The Balaban J connectivity index is 1.65. The van der Waals surface area contributed by atoms with Crippen molar-refractivity contribution in [2.75, 3.05) is 20.2 Å². The van der Waals surface area contributed by atoms with Crippen LogP contribution < -0.4 is 10.1 Å². The monoisotopic (exact) mass is 400 g/mol. The van der Waals surface area contributed by atoms with Gasteiger partial charge in [-0.2, -0.15) is 5.10 Å². The van der Waals surface area contributed by atoms with Crippen molar-refractivity contribution < 1.29 is 14.8 Å². The van der Waals surface area contributed by atoms with Crippen molar-refractivity contribution >= 4 is 22.4 Å². The zero-order valence-corrected chi connectivity index (χ0v) is 17.1. The Morgan fingerprint density at radius 2 is 1.93 bits per heavy atom. The number of nitrogens with zero attached hydrogens (tertiary/aromatic N) is 2. The van der Waals surface area contributed by atoms with E-state index in [-0.39, 0.29) is 11.9 Å². The Labute approximate surface area is 176 Å². The van der Waals surface area contributed by atoms with Crippen molar-refractivity contribution in [2.45, 2.75) is 12.5 Å². The number of benzene rings is 3. The lowest BCUT2D eigenvalue weighted by Crippen LogP contribution is -2.86. The second-order valence-corrected chi connectivity index (χ2v) is 7.36. The van der Waals surface area contributed by atoms with E-state index in [9.17, 15) is 4.79 Å². The van der Waals surface area contributed by atoms with Gasteiger partial charge in [-0.15, -0.1) is 0 Å². The lowest BCUT2D eigenvalue weighted by molar-refractivity contribution is -0.635. The number of quaternary nitrogens is 1. The largest absolute Gasteiger partial charge is 0.497 e. The third-order valence-electron chi connectivity index (χ3n) is 5.40. The number of methoxy groups -OCH3 is 1. The SMILES string of the molecule is C=CC[NH2+]CC(=O)N1N=C(c2ccc3ccccc3c2)C[C@@H]1c1ccc(OC)cc1. The van der Waals surface area contributed by atoms with Crippen LogP contribution in [-0.4, -0.2) is 36.8 Å². The van der Waals surface area contributed by atoms with E-state index in [1.54, 1.807) is 18.2 Å². The van der Waals surface area contributed by atoms with Gasteiger partial charge in [-0.05, 0) is 46.2 Å². The molecule has 0 unspecified atom stereocenters. The molecule has 2 N–H and O–H groups in total. The molecule has 0 saturated carbocycles. The van der Waals surface area contributed by atoms with Crippen LogP contribution in [0.4, 0.5) is 0 Å². The average molecular weight is 401 g/mol. The highest BCUT2D eigenvalue weighted by atomic mass is 16.5. The summed E-state index contributed by atoms with van der Waals surface area (Å²) in [5.41, 5.74) is 3.03. The van der Waals surface area contributed by atoms with Crippen LogP contribution in [0.5, 0.6) is 5.75 Å². The molecule has 30 heavy (non-hydrogen) atoms. The van der Waals surface area contributed by atoms with E-state index in [0.29, 0.717) is 19.5 Å². The van der Waals surface area contributed by atoms with Crippen LogP contribution in [0.15, 0.2) is 84.5 Å². The lowest BCUT2D eigenvalue weighted by atomic mass is 9.97. The van der Waals surface area contributed by atoms with Gasteiger partial charge in [0.1, 0.15) is 5.75 Å². The Morgan fingerprint density at radius 1 is 1.17 bits per heavy atom. The van der Waals surface area contributed by atoms with E-state index in [1.807, 2.05) is 41.7 Å². The highest BCUT2D eigenvalue weighted by Crippen LogP contribution is 2.34. The molecular weight excluding hydrogens is 374 g/mol. The third-order valence-corrected chi connectivity index (χ3v) is 5.40. The zero-order chi connectivity index (χ0) is 20.9. The molecule has 5 nitrogen and oxygen atoms in total. The van der Waals surface area contributed by atoms with Crippen molar-refractivity contribution in [3.63, 3.8) is 0 Å². The quantitative estimate of drug-likeness (QED) is 0.489. The minimum Gasteiger partial charge on any atom is -0.497 e. The first-order valence-corrected chi connectivity index (χ1v) is 10.1. The molecule has 1 heterocycles. The van der Waals surface area contributed by atoms with E-state index < -0.39 is 0 Å². The molecule has 1 amide bonds. The Kier molecular flexibility index (Phi) is 5.91. The number of rotatable bonds is 7. The summed E-state index contributed by atoms with van der Waals surface area (Å²) in [4.78, 5) is 12.9.